The lowest BCUT2D eigenvalue weighted by molar-refractivity contribution is 0.169. The molecule has 0 unspecified atom stereocenters. The smallest absolute Gasteiger partial charge is 0.165 e. The summed E-state index contributed by atoms with van der Waals surface area (Å²) in [5, 5.41) is 9.61. The van der Waals surface area contributed by atoms with Gasteiger partial charge in [-0.1, -0.05) is 0 Å². The highest BCUT2D eigenvalue weighted by molar-refractivity contribution is 5.53. The van der Waals surface area contributed by atoms with Crippen molar-refractivity contribution < 1.29 is 14.6 Å². The molecule has 0 spiro atoms. The SMILES string of the molecule is NC1(Cc2cc(O)cc3c2OCCO3)CC1. The van der Waals surface area contributed by atoms with Gasteiger partial charge in [0, 0.05) is 17.2 Å². The van der Waals surface area contributed by atoms with Crippen molar-refractivity contribution in [2.45, 2.75) is 24.8 Å². The van der Waals surface area contributed by atoms with Crippen molar-refractivity contribution in [1.29, 1.82) is 0 Å². The Labute approximate surface area is 94.0 Å². The van der Waals surface area contributed by atoms with Crippen LogP contribution in [-0.2, 0) is 6.42 Å². The summed E-state index contributed by atoms with van der Waals surface area (Å²) in [4.78, 5) is 0. The Kier molecular flexibility index (Phi) is 2.01. The van der Waals surface area contributed by atoms with Gasteiger partial charge in [0.05, 0.1) is 0 Å². The molecule has 1 aliphatic carbocycles. The maximum absolute atomic E-state index is 9.61. The van der Waals surface area contributed by atoms with Gasteiger partial charge in [0.15, 0.2) is 11.5 Å². The number of phenolic OH excluding ortho intramolecular Hbond substituents is 1. The Balaban J connectivity index is 1.98. The molecule has 4 heteroatoms. The van der Waals surface area contributed by atoms with Crippen molar-refractivity contribution in [3.8, 4) is 17.2 Å². The minimum absolute atomic E-state index is 0.0949. The first-order valence-electron chi connectivity index (χ1n) is 5.57. The summed E-state index contributed by atoms with van der Waals surface area (Å²) in [6.07, 6.45) is 2.82. The third-order valence-corrected chi connectivity index (χ3v) is 3.14. The van der Waals surface area contributed by atoms with Crippen LogP contribution in [0, 0.1) is 0 Å². The van der Waals surface area contributed by atoms with Crippen LogP contribution in [0.15, 0.2) is 12.1 Å². The summed E-state index contributed by atoms with van der Waals surface area (Å²) in [6, 6.07) is 3.31. The van der Waals surface area contributed by atoms with Crippen LogP contribution in [0.1, 0.15) is 18.4 Å². The molecule has 16 heavy (non-hydrogen) atoms. The first-order valence-corrected chi connectivity index (χ1v) is 5.57. The Morgan fingerprint density at radius 1 is 1.25 bits per heavy atom. The fraction of sp³-hybridized carbons (Fsp3) is 0.500. The predicted octanol–water partition coefficient (Wildman–Crippen LogP) is 1.20. The Morgan fingerprint density at radius 2 is 2.00 bits per heavy atom. The average Bonchev–Trinajstić information content (AvgIpc) is 2.96. The molecule has 3 N–H and O–H groups in total. The lowest BCUT2D eigenvalue weighted by Gasteiger charge is -2.22. The Hall–Kier alpha value is -1.42. The highest BCUT2D eigenvalue weighted by Gasteiger charge is 2.39. The number of benzene rings is 1. The fourth-order valence-corrected chi connectivity index (χ4v) is 2.06. The fourth-order valence-electron chi connectivity index (χ4n) is 2.06. The monoisotopic (exact) mass is 221 g/mol. The van der Waals surface area contributed by atoms with E-state index < -0.39 is 0 Å². The quantitative estimate of drug-likeness (QED) is 0.787. The molecule has 0 atom stereocenters. The van der Waals surface area contributed by atoms with E-state index in [1.807, 2.05) is 0 Å². The van der Waals surface area contributed by atoms with Gasteiger partial charge in [-0.2, -0.15) is 0 Å². The number of aromatic hydroxyl groups is 1. The average molecular weight is 221 g/mol. The molecule has 1 aliphatic heterocycles. The molecule has 1 saturated carbocycles. The van der Waals surface area contributed by atoms with E-state index in [4.69, 9.17) is 15.2 Å². The van der Waals surface area contributed by atoms with Crippen LogP contribution in [0.25, 0.3) is 0 Å². The number of hydrogen-bond acceptors (Lipinski definition) is 4. The maximum atomic E-state index is 9.61. The highest BCUT2D eigenvalue weighted by Crippen LogP contribution is 2.43. The lowest BCUT2D eigenvalue weighted by atomic mass is 10.0. The molecule has 0 radical (unpaired) electrons. The molecule has 0 saturated heterocycles. The highest BCUT2D eigenvalue weighted by atomic mass is 16.6. The van der Waals surface area contributed by atoms with Crippen molar-refractivity contribution in [2.75, 3.05) is 13.2 Å². The second kappa shape index (κ2) is 3.28. The van der Waals surface area contributed by atoms with Gasteiger partial charge in [-0.15, -0.1) is 0 Å². The zero-order valence-electron chi connectivity index (χ0n) is 9.03. The molecule has 0 bridgehead atoms. The van der Waals surface area contributed by atoms with Crippen molar-refractivity contribution in [1.82, 2.24) is 0 Å². The van der Waals surface area contributed by atoms with Gasteiger partial charge >= 0.3 is 0 Å². The summed E-state index contributed by atoms with van der Waals surface area (Å²) >= 11 is 0. The number of fused-ring (bicyclic) bond motifs is 1. The van der Waals surface area contributed by atoms with E-state index in [1.54, 1.807) is 12.1 Å². The van der Waals surface area contributed by atoms with E-state index in [2.05, 4.69) is 0 Å². The zero-order chi connectivity index (χ0) is 11.2. The van der Waals surface area contributed by atoms with Crippen LogP contribution in [0.3, 0.4) is 0 Å². The number of rotatable bonds is 2. The van der Waals surface area contributed by atoms with Crippen LogP contribution < -0.4 is 15.2 Å². The Bertz CT molecular complexity index is 427. The molecule has 86 valence electrons. The van der Waals surface area contributed by atoms with Crippen molar-refractivity contribution in [3.05, 3.63) is 17.7 Å². The van der Waals surface area contributed by atoms with Crippen LogP contribution in [-0.4, -0.2) is 23.9 Å². The second-order valence-electron chi connectivity index (χ2n) is 4.67. The first kappa shape index (κ1) is 9.78. The molecule has 0 aromatic heterocycles. The summed E-state index contributed by atoms with van der Waals surface area (Å²) in [5.41, 5.74) is 6.94. The molecule has 1 aromatic carbocycles. The molecule has 1 heterocycles. The zero-order valence-corrected chi connectivity index (χ0v) is 9.03. The molecule has 2 aliphatic rings. The molecule has 1 aromatic rings. The van der Waals surface area contributed by atoms with Crippen LogP contribution >= 0.6 is 0 Å². The van der Waals surface area contributed by atoms with Crippen molar-refractivity contribution in [2.24, 2.45) is 5.73 Å². The molecule has 0 amide bonds. The third kappa shape index (κ3) is 1.69. The van der Waals surface area contributed by atoms with Gasteiger partial charge in [-0.05, 0) is 25.3 Å². The number of ether oxygens (including phenoxy) is 2. The van der Waals surface area contributed by atoms with Crippen LogP contribution in [0.4, 0.5) is 0 Å². The van der Waals surface area contributed by atoms with Gasteiger partial charge in [0.1, 0.15) is 19.0 Å². The van der Waals surface area contributed by atoms with Gasteiger partial charge < -0.3 is 20.3 Å². The summed E-state index contributed by atoms with van der Waals surface area (Å²) in [5.74, 6) is 1.59. The maximum Gasteiger partial charge on any atom is 0.165 e. The van der Waals surface area contributed by atoms with Crippen LogP contribution in [0.5, 0.6) is 17.2 Å². The van der Waals surface area contributed by atoms with Gasteiger partial charge in [-0.25, -0.2) is 0 Å². The number of hydrogen-bond donors (Lipinski definition) is 2. The van der Waals surface area contributed by atoms with Crippen LogP contribution in [0.2, 0.25) is 0 Å². The van der Waals surface area contributed by atoms with E-state index in [-0.39, 0.29) is 11.3 Å². The molecular formula is C12H15NO3. The molecular weight excluding hydrogens is 206 g/mol. The standard InChI is InChI=1S/C12H15NO3/c13-12(1-2-12)7-8-5-9(14)6-10-11(8)16-4-3-15-10/h5-6,14H,1-4,7,13H2. The second-order valence-corrected chi connectivity index (χ2v) is 4.67. The van der Waals surface area contributed by atoms with Gasteiger partial charge in [0.25, 0.3) is 0 Å². The third-order valence-electron chi connectivity index (χ3n) is 3.14. The van der Waals surface area contributed by atoms with E-state index in [0.29, 0.717) is 19.0 Å². The number of phenols is 1. The summed E-state index contributed by atoms with van der Waals surface area (Å²) in [6.45, 7) is 1.09. The normalized spacial score (nSPS) is 20.6. The topological polar surface area (TPSA) is 64.7 Å². The van der Waals surface area contributed by atoms with E-state index >= 15 is 0 Å². The van der Waals surface area contributed by atoms with E-state index in [1.165, 1.54) is 0 Å². The largest absolute Gasteiger partial charge is 0.508 e. The Morgan fingerprint density at radius 3 is 2.75 bits per heavy atom. The van der Waals surface area contributed by atoms with Gasteiger partial charge in [0.2, 0.25) is 0 Å². The minimum atomic E-state index is -0.0949. The molecule has 3 rings (SSSR count). The van der Waals surface area contributed by atoms with Gasteiger partial charge in [-0.3, -0.25) is 0 Å². The lowest BCUT2D eigenvalue weighted by Crippen LogP contribution is -2.25. The molecule has 1 fully saturated rings. The van der Waals surface area contributed by atoms with E-state index in [9.17, 15) is 5.11 Å². The summed E-state index contributed by atoms with van der Waals surface area (Å²) in [7, 11) is 0. The molecule has 4 nitrogen and oxygen atoms in total. The first-order chi connectivity index (χ1) is 7.66. The number of nitrogens with two attached hydrogens (primary N) is 1. The summed E-state index contributed by atoms with van der Waals surface area (Å²) < 4.78 is 11.0. The van der Waals surface area contributed by atoms with Crippen molar-refractivity contribution >= 4 is 0 Å². The van der Waals surface area contributed by atoms with Crippen molar-refractivity contribution in [3.63, 3.8) is 0 Å². The predicted molar refractivity (Wildman–Crippen MR) is 59.0 cm³/mol. The minimum Gasteiger partial charge on any atom is -0.508 e. The van der Waals surface area contributed by atoms with E-state index in [0.717, 1.165) is 30.6 Å².